The number of aliphatic hydroxyl groups excluding tert-OH is 1. The first-order valence-corrected chi connectivity index (χ1v) is 21.8. The summed E-state index contributed by atoms with van der Waals surface area (Å²) in [5.74, 6) is -2.24. The Balaban J connectivity index is 1.39. The van der Waals surface area contributed by atoms with Gasteiger partial charge in [0, 0.05) is 32.5 Å². The molecule has 4 rings (SSSR count). The van der Waals surface area contributed by atoms with Gasteiger partial charge in [-0.25, -0.2) is 9.48 Å². The van der Waals surface area contributed by atoms with Gasteiger partial charge in [-0.05, 0) is 91.0 Å². The first-order valence-electron chi connectivity index (χ1n) is 21.8. The first-order chi connectivity index (χ1) is 29.2. The minimum atomic E-state index is -1.22. The minimum Gasteiger partial charge on any atom is -0.466 e. The van der Waals surface area contributed by atoms with E-state index in [2.05, 4.69) is 27.8 Å². The molecule has 1 aromatic heterocycles. The van der Waals surface area contributed by atoms with Gasteiger partial charge in [0.15, 0.2) is 0 Å². The van der Waals surface area contributed by atoms with Crippen LogP contribution in [-0.4, -0.2) is 104 Å². The van der Waals surface area contributed by atoms with Crippen LogP contribution in [0.1, 0.15) is 117 Å². The second-order valence-electron chi connectivity index (χ2n) is 16.7. The third-order valence-corrected chi connectivity index (χ3v) is 11.5. The Morgan fingerprint density at radius 1 is 0.951 bits per heavy atom. The lowest BCUT2D eigenvalue weighted by Crippen LogP contribution is -2.34. The van der Waals surface area contributed by atoms with Crippen molar-refractivity contribution in [3.63, 3.8) is 0 Å². The molecule has 6 unspecified atom stereocenters. The third kappa shape index (κ3) is 13.7. The van der Waals surface area contributed by atoms with E-state index >= 15 is 0 Å². The number of ether oxygens (including phenoxy) is 2. The van der Waals surface area contributed by atoms with E-state index in [4.69, 9.17) is 9.47 Å². The smallest absolute Gasteiger partial charge is 0.334 e. The van der Waals surface area contributed by atoms with Crippen molar-refractivity contribution in [3.8, 4) is 0 Å². The van der Waals surface area contributed by atoms with Gasteiger partial charge in [-0.1, -0.05) is 72.7 Å². The highest BCUT2D eigenvalue weighted by molar-refractivity contribution is 6.06. The van der Waals surface area contributed by atoms with E-state index in [-0.39, 0.29) is 98.5 Å². The van der Waals surface area contributed by atoms with Crippen molar-refractivity contribution >= 4 is 35.6 Å². The number of hydrogen-bond donors (Lipinski definition) is 2. The standard InChI is InChI=1S/C46H66N6O9/c1-7-18-34-28-35(19-8-2)41-40(34)42(56)51(43(41)57)26-16-11-10-15-25-50(39(55)23-22-38(54)47-24-17-27-61-44(58)32(4)53)30-36-31-52(49-48-36)37(33-20-13-12-14-21-33)29-46(5,6)45(59)60-9-3/h7-8,12-14,18-21,31-32,34-35,37,40-41,53H,9-11,15-17,22-30H2,1-6H3,(H,47,54). The van der Waals surface area contributed by atoms with Crippen molar-refractivity contribution < 1.29 is 43.3 Å². The van der Waals surface area contributed by atoms with E-state index < -0.39 is 17.5 Å². The number of unbranched alkanes of at least 4 members (excludes halogenated alkanes) is 3. The number of rotatable bonds is 25. The van der Waals surface area contributed by atoms with Crippen LogP contribution in [0.5, 0.6) is 0 Å². The second-order valence-corrected chi connectivity index (χ2v) is 16.7. The van der Waals surface area contributed by atoms with Crippen LogP contribution in [0.4, 0.5) is 0 Å². The number of nitrogens with zero attached hydrogens (tertiary/aromatic N) is 5. The number of carbonyl (C=O) groups excluding carboxylic acids is 6. The summed E-state index contributed by atoms with van der Waals surface area (Å²) in [6.07, 6.45) is 12.9. The summed E-state index contributed by atoms with van der Waals surface area (Å²) in [5, 5.41) is 20.9. The fourth-order valence-electron chi connectivity index (χ4n) is 8.34. The Morgan fingerprint density at radius 3 is 2.23 bits per heavy atom. The molecule has 4 amide bonds. The molecule has 2 aliphatic rings. The number of allylic oxidation sites excluding steroid dienone is 4. The SMILES string of the molecule is CC=CC1CC(C=CC)C2C(=O)N(CCCCCCN(Cc3cn(C(CC(C)(C)C(=O)OCC)c4ccccc4)nn3)C(=O)CCC(=O)NCCCOC(=O)C(C)O)C(=O)C12. The summed E-state index contributed by atoms with van der Waals surface area (Å²) in [6, 6.07) is 9.36. The van der Waals surface area contributed by atoms with Crippen LogP contribution in [0.15, 0.2) is 60.8 Å². The number of imide groups is 1. The number of aromatic nitrogens is 3. The largest absolute Gasteiger partial charge is 0.466 e. The highest BCUT2D eigenvalue weighted by atomic mass is 16.5. The maximum Gasteiger partial charge on any atom is 0.334 e. The highest BCUT2D eigenvalue weighted by Gasteiger charge is 2.56. The van der Waals surface area contributed by atoms with Gasteiger partial charge in [-0.3, -0.25) is 28.9 Å². The molecule has 2 heterocycles. The number of fused-ring (bicyclic) bond motifs is 1. The Morgan fingerprint density at radius 2 is 1.61 bits per heavy atom. The lowest BCUT2D eigenvalue weighted by atomic mass is 9.83. The Hall–Kier alpha value is -5.18. The zero-order valence-electron chi connectivity index (χ0n) is 36.8. The van der Waals surface area contributed by atoms with Gasteiger partial charge in [-0.2, -0.15) is 0 Å². The molecule has 61 heavy (non-hydrogen) atoms. The molecule has 0 bridgehead atoms. The van der Waals surface area contributed by atoms with E-state index in [0.29, 0.717) is 44.5 Å². The summed E-state index contributed by atoms with van der Waals surface area (Å²) in [7, 11) is 0. The summed E-state index contributed by atoms with van der Waals surface area (Å²) >= 11 is 0. The van der Waals surface area contributed by atoms with E-state index in [1.165, 1.54) is 11.8 Å². The van der Waals surface area contributed by atoms with E-state index in [1.54, 1.807) is 22.7 Å². The molecule has 2 fully saturated rings. The Bertz CT molecular complexity index is 1800. The highest BCUT2D eigenvalue weighted by Crippen LogP contribution is 2.49. The predicted octanol–water partition coefficient (Wildman–Crippen LogP) is 5.34. The Kier molecular flexibility index (Phi) is 18.9. The lowest BCUT2D eigenvalue weighted by molar-refractivity contribution is -0.154. The molecule has 334 valence electrons. The number of aliphatic hydroxyl groups is 1. The summed E-state index contributed by atoms with van der Waals surface area (Å²) in [6.45, 7) is 12.1. The average Bonchev–Trinajstić information content (AvgIpc) is 3.91. The van der Waals surface area contributed by atoms with Gasteiger partial charge in [0.2, 0.25) is 23.6 Å². The Labute approximate surface area is 360 Å². The fourth-order valence-corrected chi connectivity index (χ4v) is 8.34. The number of esters is 2. The number of nitrogens with one attached hydrogen (secondary N) is 1. The van der Waals surface area contributed by atoms with Crippen LogP contribution < -0.4 is 5.32 Å². The van der Waals surface area contributed by atoms with Gasteiger partial charge in [-0.15, -0.1) is 5.10 Å². The minimum absolute atomic E-state index is 0.0404. The monoisotopic (exact) mass is 846 g/mol. The number of amides is 4. The van der Waals surface area contributed by atoms with Crippen molar-refractivity contribution in [2.75, 3.05) is 32.8 Å². The van der Waals surface area contributed by atoms with Crippen LogP contribution >= 0.6 is 0 Å². The number of likely N-dealkylation sites (tertiary alicyclic amines) is 1. The van der Waals surface area contributed by atoms with Gasteiger partial charge < -0.3 is 24.8 Å². The lowest BCUT2D eigenvalue weighted by Gasteiger charge is -2.28. The quantitative estimate of drug-likeness (QED) is 0.0568. The van der Waals surface area contributed by atoms with Crippen LogP contribution in [0.25, 0.3) is 0 Å². The molecule has 0 radical (unpaired) electrons. The molecule has 15 heteroatoms. The molecule has 1 aliphatic heterocycles. The third-order valence-electron chi connectivity index (χ3n) is 11.5. The van der Waals surface area contributed by atoms with Crippen molar-refractivity contribution in [1.29, 1.82) is 0 Å². The molecule has 2 N–H and O–H groups in total. The van der Waals surface area contributed by atoms with E-state index in [9.17, 15) is 33.9 Å². The van der Waals surface area contributed by atoms with Gasteiger partial charge >= 0.3 is 11.9 Å². The maximum atomic E-state index is 13.7. The van der Waals surface area contributed by atoms with Crippen LogP contribution in [0, 0.1) is 29.1 Å². The average molecular weight is 847 g/mol. The molecule has 2 aromatic rings. The van der Waals surface area contributed by atoms with Gasteiger partial charge in [0.05, 0.1) is 49.2 Å². The molecule has 0 spiro atoms. The number of hydrogen-bond acceptors (Lipinski definition) is 11. The van der Waals surface area contributed by atoms with Crippen molar-refractivity contribution in [1.82, 2.24) is 30.1 Å². The van der Waals surface area contributed by atoms with Gasteiger partial charge in [0.1, 0.15) is 11.8 Å². The molecule has 1 saturated carbocycles. The molecule has 15 nitrogen and oxygen atoms in total. The number of benzene rings is 1. The summed E-state index contributed by atoms with van der Waals surface area (Å²) in [5.41, 5.74) is 0.654. The fraction of sp³-hybridized carbons (Fsp3) is 0.609. The molecule has 1 aromatic carbocycles. The maximum absolute atomic E-state index is 13.7. The molecule has 6 atom stereocenters. The second kappa shape index (κ2) is 23.7. The van der Waals surface area contributed by atoms with Crippen molar-refractivity contribution in [3.05, 3.63) is 72.1 Å². The van der Waals surface area contributed by atoms with Crippen molar-refractivity contribution in [2.24, 2.45) is 29.1 Å². The summed E-state index contributed by atoms with van der Waals surface area (Å²) in [4.78, 5) is 80.9. The zero-order chi connectivity index (χ0) is 44.5. The number of carbonyl (C=O) groups is 6. The topological polar surface area (TPSA) is 190 Å². The van der Waals surface area contributed by atoms with Crippen LogP contribution in [0.2, 0.25) is 0 Å². The molecular formula is C46H66N6O9. The van der Waals surface area contributed by atoms with Crippen molar-refractivity contribution in [2.45, 2.75) is 118 Å². The zero-order valence-corrected chi connectivity index (χ0v) is 36.8. The van der Waals surface area contributed by atoms with E-state index in [1.807, 2.05) is 70.2 Å². The summed E-state index contributed by atoms with van der Waals surface area (Å²) < 4.78 is 12.0. The first kappa shape index (κ1) is 48.5. The van der Waals surface area contributed by atoms with Gasteiger partial charge in [0.25, 0.3) is 0 Å². The normalized spacial score (nSPS) is 20.0. The van der Waals surface area contributed by atoms with E-state index in [0.717, 1.165) is 24.8 Å². The molecular weight excluding hydrogens is 781 g/mol. The molecule has 1 aliphatic carbocycles. The van der Waals surface area contributed by atoms with Crippen LogP contribution in [0.3, 0.4) is 0 Å². The predicted molar refractivity (Wildman–Crippen MR) is 228 cm³/mol. The van der Waals surface area contributed by atoms with Crippen LogP contribution in [-0.2, 0) is 44.8 Å². The molecule has 1 saturated heterocycles.